The van der Waals surface area contributed by atoms with Gasteiger partial charge in [0.05, 0.1) is 5.57 Å². The summed E-state index contributed by atoms with van der Waals surface area (Å²) < 4.78 is 39.6. The second-order valence-electron chi connectivity index (χ2n) is 5.53. The van der Waals surface area contributed by atoms with E-state index in [-0.39, 0.29) is 24.1 Å². The highest BCUT2D eigenvalue weighted by atomic mass is 35.5. The number of amides is 1. The van der Waals surface area contributed by atoms with Crippen LogP contribution in [0.2, 0.25) is 5.02 Å². The number of nitrogens with one attached hydrogen (secondary N) is 1. The van der Waals surface area contributed by atoms with Gasteiger partial charge in [0.2, 0.25) is 5.91 Å². The van der Waals surface area contributed by atoms with Gasteiger partial charge in [-0.3, -0.25) is 4.79 Å². The molecule has 2 rings (SSSR count). The van der Waals surface area contributed by atoms with Crippen LogP contribution < -0.4 is 5.32 Å². The van der Waals surface area contributed by atoms with Crippen molar-refractivity contribution in [3.63, 3.8) is 0 Å². The monoisotopic (exact) mass is 347 g/mol. The van der Waals surface area contributed by atoms with E-state index >= 15 is 0 Å². The van der Waals surface area contributed by atoms with Crippen molar-refractivity contribution < 1.29 is 23.1 Å². The van der Waals surface area contributed by atoms with E-state index in [9.17, 15) is 18.0 Å². The summed E-state index contributed by atoms with van der Waals surface area (Å²) in [4.78, 5) is 12.0. The van der Waals surface area contributed by atoms with E-state index in [2.05, 4.69) is 5.32 Å². The van der Waals surface area contributed by atoms with E-state index in [0.29, 0.717) is 17.5 Å². The molecule has 3 nitrogen and oxygen atoms in total. The summed E-state index contributed by atoms with van der Waals surface area (Å²) in [7, 11) is 0. The van der Waals surface area contributed by atoms with Gasteiger partial charge in [0.25, 0.3) is 0 Å². The summed E-state index contributed by atoms with van der Waals surface area (Å²) in [5.41, 5.74) is -1.15. The average molecular weight is 348 g/mol. The number of aliphatic hydroxyl groups excluding tert-OH is 1. The number of carbonyl (C=O) groups excluding carboxylic acids is 1. The first-order chi connectivity index (χ1) is 10.8. The summed E-state index contributed by atoms with van der Waals surface area (Å²) >= 11 is 5.68. The molecule has 1 amide bonds. The highest BCUT2D eigenvalue weighted by Gasteiger charge is 2.36. The molecule has 1 aliphatic carbocycles. The molecule has 1 aromatic rings. The molecule has 1 aromatic carbocycles. The molecule has 7 heteroatoms. The molecule has 23 heavy (non-hydrogen) atoms. The Balaban J connectivity index is 2.19. The fourth-order valence-electron chi connectivity index (χ4n) is 2.38. The third kappa shape index (κ3) is 5.25. The Morgan fingerprint density at radius 3 is 2.43 bits per heavy atom. The van der Waals surface area contributed by atoms with Crippen molar-refractivity contribution in [1.29, 1.82) is 0 Å². The van der Waals surface area contributed by atoms with E-state index in [1.807, 2.05) is 0 Å². The number of carbonyl (C=O) groups is 1. The molecule has 0 saturated heterocycles. The van der Waals surface area contributed by atoms with E-state index in [4.69, 9.17) is 16.7 Å². The van der Waals surface area contributed by atoms with Gasteiger partial charge < -0.3 is 10.4 Å². The SMILES string of the molecule is O=C(/C=C(/c1ccc(Cl)cc1)C(F)(F)F)NC(CCO)C1CC1. The highest BCUT2D eigenvalue weighted by Crippen LogP contribution is 2.35. The van der Waals surface area contributed by atoms with Crippen molar-refractivity contribution in [3.8, 4) is 0 Å². The first kappa shape index (κ1) is 17.8. The largest absolute Gasteiger partial charge is 0.417 e. The van der Waals surface area contributed by atoms with E-state index in [1.54, 1.807) is 0 Å². The summed E-state index contributed by atoms with van der Waals surface area (Å²) in [6.45, 7) is -0.117. The van der Waals surface area contributed by atoms with Gasteiger partial charge in [0, 0.05) is 23.7 Å². The fourth-order valence-corrected chi connectivity index (χ4v) is 2.50. The van der Waals surface area contributed by atoms with Gasteiger partial charge in [-0.1, -0.05) is 23.7 Å². The van der Waals surface area contributed by atoms with Crippen molar-refractivity contribution >= 4 is 23.1 Å². The van der Waals surface area contributed by atoms with Crippen LogP contribution in [-0.2, 0) is 4.79 Å². The van der Waals surface area contributed by atoms with Gasteiger partial charge >= 0.3 is 6.18 Å². The molecule has 126 valence electrons. The van der Waals surface area contributed by atoms with Crippen LogP contribution in [0.4, 0.5) is 13.2 Å². The minimum absolute atomic E-state index is 0.117. The van der Waals surface area contributed by atoms with Crippen molar-refractivity contribution in [3.05, 3.63) is 40.9 Å². The van der Waals surface area contributed by atoms with Crippen molar-refractivity contribution in [2.75, 3.05) is 6.61 Å². The molecule has 0 radical (unpaired) electrons. The Bertz CT molecular complexity index is 580. The number of benzene rings is 1. The normalized spacial score (nSPS) is 17.0. The topological polar surface area (TPSA) is 49.3 Å². The van der Waals surface area contributed by atoms with Gasteiger partial charge in [-0.25, -0.2) is 0 Å². The minimum Gasteiger partial charge on any atom is -0.396 e. The maximum atomic E-state index is 13.2. The Labute approximate surface area is 137 Å². The van der Waals surface area contributed by atoms with Crippen LogP contribution in [0.25, 0.3) is 5.57 Å². The summed E-state index contributed by atoms with van der Waals surface area (Å²) in [5, 5.41) is 11.9. The number of alkyl halides is 3. The molecule has 1 atom stereocenters. The van der Waals surface area contributed by atoms with Crippen molar-refractivity contribution in [2.45, 2.75) is 31.5 Å². The van der Waals surface area contributed by atoms with Gasteiger partial charge in [-0.05, 0) is 42.9 Å². The zero-order valence-electron chi connectivity index (χ0n) is 12.2. The quantitative estimate of drug-likeness (QED) is 0.773. The number of halogens is 4. The minimum atomic E-state index is -4.66. The van der Waals surface area contributed by atoms with Crippen LogP contribution in [0.15, 0.2) is 30.3 Å². The number of hydrogen-bond acceptors (Lipinski definition) is 2. The molecular formula is C16H17ClF3NO2. The van der Waals surface area contributed by atoms with Crippen molar-refractivity contribution in [1.82, 2.24) is 5.32 Å². The zero-order chi connectivity index (χ0) is 17.0. The number of aliphatic hydroxyl groups is 1. The lowest BCUT2D eigenvalue weighted by Gasteiger charge is -2.17. The van der Waals surface area contributed by atoms with E-state index in [1.165, 1.54) is 24.3 Å². The third-order valence-corrected chi connectivity index (χ3v) is 3.95. The Kier molecular flexibility index (Phi) is 5.70. The number of allylic oxidation sites excluding steroid dienone is 1. The van der Waals surface area contributed by atoms with Crippen LogP contribution in [0, 0.1) is 5.92 Å². The van der Waals surface area contributed by atoms with Gasteiger partial charge in [0.1, 0.15) is 0 Å². The van der Waals surface area contributed by atoms with Gasteiger partial charge in [-0.15, -0.1) is 0 Å². The lowest BCUT2D eigenvalue weighted by Crippen LogP contribution is -2.36. The highest BCUT2D eigenvalue weighted by molar-refractivity contribution is 6.30. The van der Waals surface area contributed by atoms with Crippen LogP contribution in [0.5, 0.6) is 0 Å². The fraction of sp³-hybridized carbons (Fsp3) is 0.438. The van der Waals surface area contributed by atoms with E-state index < -0.39 is 17.7 Å². The summed E-state index contributed by atoms with van der Waals surface area (Å²) in [6, 6.07) is 4.84. The first-order valence-corrected chi connectivity index (χ1v) is 7.65. The molecule has 1 fully saturated rings. The van der Waals surface area contributed by atoms with Crippen LogP contribution in [-0.4, -0.2) is 29.8 Å². The maximum absolute atomic E-state index is 13.2. The van der Waals surface area contributed by atoms with Gasteiger partial charge in [-0.2, -0.15) is 13.2 Å². The molecule has 0 aliphatic heterocycles. The molecule has 0 aromatic heterocycles. The van der Waals surface area contributed by atoms with Crippen LogP contribution in [0.3, 0.4) is 0 Å². The second kappa shape index (κ2) is 7.36. The number of hydrogen-bond donors (Lipinski definition) is 2. The predicted octanol–water partition coefficient (Wildman–Crippen LogP) is 3.56. The molecule has 1 saturated carbocycles. The molecule has 2 N–H and O–H groups in total. The van der Waals surface area contributed by atoms with E-state index in [0.717, 1.165) is 12.8 Å². The Morgan fingerprint density at radius 1 is 1.35 bits per heavy atom. The third-order valence-electron chi connectivity index (χ3n) is 3.69. The first-order valence-electron chi connectivity index (χ1n) is 7.27. The van der Waals surface area contributed by atoms with Gasteiger partial charge in [0.15, 0.2) is 0 Å². The Hall–Kier alpha value is -1.53. The predicted molar refractivity (Wildman–Crippen MR) is 81.8 cm³/mol. The molecule has 1 aliphatic rings. The molecule has 0 heterocycles. The number of rotatable bonds is 6. The molecule has 0 bridgehead atoms. The van der Waals surface area contributed by atoms with Crippen LogP contribution >= 0.6 is 11.6 Å². The molecular weight excluding hydrogens is 331 g/mol. The zero-order valence-corrected chi connectivity index (χ0v) is 13.0. The maximum Gasteiger partial charge on any atom is 0.417 e. The Morgan fingerprint density at radius 2 is 1.96 bits per heavy atom. The second-order valence-corrected chi connectivity index (χ2v) is 5.96. The summed E-state index contributed by atoms with van der Waals surface area (Å²) in [5.74, 6) is -0.568. The standard InChI is InChI=1S/C16H17ClF3NO2/c17-12-5-3-10(4-6-12)13(16(18,19)20)9-15(23)21-14(7-8-22)11-1-2-11/h3-6,9,11,14,22H,1-2,7-8H2,(H,21,23)/b13-9-. The smallest absolute Gasteiger partial charge is 0.396 e. The van der Waals surface area contributed by atoms with Crippen LogP contribution in [0.1, 0.15) is 24.8 Å². The lowest BCUT2D eigenvalue weighted by molar-refractivity contribution is -0.117. The summed E-state index contributed by atoms with van der Waals surface area (Å²) in [6.07, 6.45) is -1.92. The lowest BCUT2D eigenvalue weighted by atomic mass is 10.0. The average Bonchev–Trinajstić information content (AvgIpc) is 3.29. The molecule has 1 unspecified atom stereocenters. The van der Waals surface area contributed by atoms with Crippen molar-refractivity contribution in [2.24, 2.45) is 5.92 Å². The molecule has 0 spiro atoms.